The molecule has 1 aliphatic rings. The van der Waals surface area contributed by atoms with Gasteiger partial charge in [0.15, 0.2) is 0 Å². The fraction of sp³-hybridized carbons (Fsp3) is 0.500. The number of benzene rings is 2. The number of aromatic hydroxyl groups is 1. The van der Waals surface area contributed by atoms with Crippen LogP contribution < -0.4 is 4.90 Å². The van der Waals surface area contributed by atoms with Crippen LogP contribution in [0.4, 0.5) is 5.69 Å². The van der Waals surface area contributed by atoms with Gasteiger partial charge in [0.2, 0.25) is 0 Å². The van der Waals surface area contributed by atoms with Crippen LogP contribution in [0.1, 0.15) is 78.5 Å². The van der Waals surface area contributed by atoms with Crippen LogP contribution >= 0.6 is 19.4 Å². The minimum absolute atomic E-state index is 0.207. The normalized spacial score (nSPS) is 16.8. The quantitative estimate of drug-likeness (QED) is 0.191. The molecule has 0 unspecified atom stereocenters. The molecule has 0 atom stereocenters. The molecule has 186 valence electrons. The molecule has 2 aromatic carbocycles. The largest absolute Gasteiger partial charge is 0.517 e. The van der Waals surface area contributed by atoms with Crippen molar-refractivity contribution in [3.05, 3.63) is 65.7 Å². The van der Waals surface area contributed by atoms with Crippen molar-refractivity contribution in [2.24, 2.45) is 5.41 Å². The maximum absolute atomic E-state index is 5.83. The molecule has 5 heteroatoms. The van der Waals surface area contributed by atoms with Crippen molar-refractivity contribution in [2.45, 2.75) is 86.3 Å². The van der Waals surface area contributed by atoms with Crippen LogP contribution in [0.2, 0.25) is 0 Å². The number of rotatable bonds is 6. The van der Waals surface area contributed by atoms with E-state index < -0.39 is 13.5 Å². The number of hydrogen-bond donors (Lipinski definition) is 0. The monoisotopic (exact) mass is 579 g/mol. The van der Waals surface area contributed by atoms with Crippen LogP contribution in [0.3, 0.4) is 0 Å². The molecule has 2 aromatic rings. The number of aliphatic hydroxyl groups is 1. The summed E-state index contributed by atoms with van der Waals surface area (Å²) in [5, 5.41) is 0. The van der Waals surface area contributed by atoms with Gasteiger partial charge in [-0.1, -0.05) is 52.3 Å². The van der Waals surface area contributed by atoms with Gasteiger partial charge in [0, 0.05) is 11.2 Å². The van der Waals surface area contributed by atoms with Gasteiger partial charge in [-0.15, -0.1) is 5.41 Å². The molecule has 3 rings (SSSR count). The van der Waals surface area contributed by atoms with E-state index in [1.165, 1.54) is 23.2 Å². The Labute approximate surface area is 215 Å². The first-order valence-electron chi connectivity index (χ1n) is 11.8. The first-order valence-corrected chi connectivity index (χ1v) is 17.3. The molecule has 0 spiro atoms. The average Bonchev–Trinajstić information content (AvgIpc) is 2.95. The summed E-state index contributed by atoms with van der Waals surface area (Å²) < 4.78 is 6.41. The van der Waals surface area contributed by atoms with E-state index in [2.05, 4.69) is 75.9 Å². The van der Waals surface area contributed by atoms with Gasteiger partial charge in [-0.05, 0) is 37.8 Å². The summed E-state index contributed by atoms with van der Waals surface area (Å²) in [6.45, 7) is 20.5. The molecule has 0 saturated carbocycles. The first-order chi connectivity index (χ1) is 15.4. The van der Waals surface area contributed by atoms with E-state index >= 15 is 0 Å². The van der Waals surface area contributed by atoms with Crippen molar-refractivity contribution in [3.63, 3.8) is 0 Å². The van der Waals surface area contributed by atoms with E-state index in [0.29, 0.717) is 0 Å². The molecule has 1 heterocycles. The maximum Gasteiger partial charge on any atom is 0.0140 e. The first kappa shape index (κ1) is 28.4. The Kier molecular flexibility index (Phi) is 10.5. The summed E-state index contributed by atoms with van der Waals surface area (Å²) >= 11 is -1.75. The molecule has 1 fully saturated rings. The molecule has 2 nitrogen and oxygen atoms in total. The standard InChI is InChI=1S/C18H28N.C10H12O.2ClH.Ru/c1-7-14-10-9-11-15(8-2)16(14)19-13-17(3,4)12-18(19,5)6;1-8(2)11-10-7-5-4-6-9(10)3;;;/h9-11,13H,7-8,12H2,1-6H3;3-8H,1-2H3;2*1H;/q-1;;;;+2/p-1. The van der Waals surface area contributed by atoms with E-state index in [9.17, 15) is 0 Å². The Hall–Kier alpha value is -0.887. The molecule has 33 heavy (non-hydrogen) atoms. The molecule has 1 aliphatic heterocycles. The summed E-state index contributed by atoms with van der Waals surface area (Å²) in [5.41, 5.74) is 5.95. The van der Waals surface area contributed by atoms with E-state index in [1.807, 2.05) is 42.7 Å². The number of hydrogen-bond acceptors (Lipinski definition) is 1. The molecule has 1 saturated heterocycles. The predicted octanol–water partition coefficient (Wildman–Crippen LogP) is 8.40. The zero-order valence-electron chi connectivity index (χ0n) is 21.4. The Morgan fingerprint density at radius 3 is 2.03 bits per heavy atom. The Bertz CT molecular complexity index is 926. The molecule has 0 aliphatic carbocycles. The van der Waals surface area contributed by atoms with Gasteiger partial charge in [0.25, 0.3) is 0 Å². The van der Waals surface area contributed by atoms with Crippen LogP contribution in [0.25, 0.3) is 0 Å². The van der Waals surface area contributed by atoms with Gasteiger partial charge >= 0.3 is 97.8 Å². The molecular weight excluding hydrogens is 538 g/mol. The van der Waals surface area contributed by atoms with Crippen molar-refractivity contribution in [3.8, 4) is 5.75 Å². The van der Waals surface area contributed by atoms with E-state index in [-0.39, 0.29) is 17.1 Å². The second-order valence-electron chi connectivity index (χ2n) is 10.2. The molecule has 0 bridgehead atoms. The van der Waals surface area contributed by atoms with Crippen LogP contribution in [-0.2, 0) is 26.4 Å². The number of anilines is 1. The Morgan fingerprint density at radius 1 is 1.00 bits per heavy atom. The zero-order chi connectivity index (χ0) is 24.8. The van der Waals surface area contributed by atoms with Gasteiger partial charge in [-0.3, -0.25) is 0 Å². The fourth-order valence-corrected chi connectivity index (χ4v) is 6.53. The third-order valence-electron chi connectivity index (χ3n) is 5.75. The number of halogens is 2. The van der Waals surface area contributed by atoms with Gasteiger partial charge in [0.1, 0.15) is 0 Å². The Balaban J connectivity index is 0.000000245. The summed E-state index contributed by atoms with van der Waals surface area (Å²) in [6.07, 6.45) is 3.70. The van der Waals surface area contributed by atoms with Crippen LogP contribution in [0.5, 0.6) is 5.75 Å². The summed E-state index contributed by atoms with van der Waals surface area (Å²) in [7, 11) is 11.7. The van der Waals surface area contributed by atoms with Gasteiger partial charge < -0.3 is 4.90 Å². The SMILES string of the molecule is CC(C)[OH+]c1ccccc1[CH]=[Ru]([Cl])[Cl].CCc1cccc(CC)c1N1[CH-]C(C)(C)CC1(C)C. The molecule has 0 amide bonds. The minimum atomic E-state index is -1.75. The molecule has 0 aromatic heterocycles. The number of para-hydroxylation sites is 2. The number of ether oxygens (including phenoxy) is 1. The molecular formula is C28H41Cl2NORu. The second kappa shape index (κ2) is 12.2. The topological polar surface area (TPSA) is 16.0 Å². The zero-order valence-corrected chi connectivity index (χ0v) is 24.6. The predicted molar refractivity (Wildman–Crippen MR) is 145 cm³/mol. The average molecular weight is 580 g/mol. The van der Waals surface area contributed by atoms with Crippen LogP contribution in [0, 0.1) is 12.0 Å². The Morgan fingerprint density at radius 2 is 1.58 bits per heavy atom. The fourth-order valence-electron chi connectivity index (χ4n) is 4.71. The van der Waals surface area contributed by atoms with E-state index in [0.717, 1.165) is 24.2 Å². The maximum atomic E-state index is 5.83. The van der Waals surface area contributed by atoms with Crippen molar-refractivity contribution in [1.29, 1.82) is 0 Å². The van der Waals surface area contributed by atoms with E-state index in [4.69, 9.17) is 19.4 Å². The summed E-state index contributed by atoms with van der Waals surface area (Å²) in [4.78, 5) is 2.55. The molecule has 1 N–H and O–H groups in total. The van der Waals surface area contributed by atoms with Crippen LogP contribution in [0.15, 0.2) is 42.5 Å². The van der Waals surface area contributed by atoms with Crippen molar-refractivity contribution in [2.75, 3.05) is 4.90 Å². The minimum Gasteiger partial charge on any atom is -0.517 e. The van der Waals surface area contributed by atoms with Crippen LogP contribution in [-0.4, -0.2) is 21.0 Å². The smallest absolute Gasteiger partial charge is 0.0140 e. The summed E-state index contributed by atoms with van der Waals surface area (Å²) in [6, 6.07) is 14.7. The van der Waals surface area contributed by atoms with Gasteiger partial charge in [-0.2, -0.15) is 0 Å². The van der Waals surface area contributed by atoms with Crippen molar-refractivity contribution in [1.82, 2.24) is 0 Å². The van der Waals surface area contributed by atoms with Crippen molar-refractivity contribution >= 4 is 29.7 Å². The van der Waals surface area contributed by atoms with Gasteiger partial charge in [0.05, 0.1) is 0 Å². The van der Waals surface area contributed by atoms with Crippen molar-refractivity contribution < 1.29 is 18.3 Å². The summed E-state index contributed by atoms with van der Waals surface area (Å²) in [5.74, 6) is 0.975. The third kappa shape index (κ3) is 8.08. The third-order valence-corrected chi connectivity index (χ3v) is 7.58. The number of nitrogens with zero attached hydrogens (tertiary/aromatic N) is 1. The van der Waals surface area contributed by atoms with Gasteiger partial charge in [-0.25, -0.2) is 6.54 Å². The molecule has 0 radical (unpaired) electrons. The second-order valence-corrected chi connectivity index (χ2v) is 15.9. The number of aryl methyl sites for hydroxylation is 2. The van der Waals surface area contributed by atoms with E-state index in [1.54, 1.807) is 0 Å².